The Labute approximate surface area is 101 Å². The van der Waals surface area contributed by atoms with Crippen LogP contribution < -0.4 is 5.32 Å². The van der Waals surface area contributed by atoms with Gasteiger partial charge in [0.15, 0.2) is 5.78 Å². The van der Waals surface area contributed by atoms with Gasteiger partial charge in [-0.3, -0.25) is 9.78 Å². The van der Waals surface area contributed by atoms with Gasteiger partial charge in [-0.15, -0.1) is 0 Å². The van der Waals surface area contributed by atoms with Crippen LogP contribution in [0.2, 0.25) is 0 Å². The molecule has 2 aliphatic rings. The number of aromatic nitrogens is 2. The quantitative estimate of drug-likeness (QED) is 0.802. The molecule has 1 N–H and O–H groups in total. The molecule has 1 aromatic rings. The summed E-state index contributed by atoms with van der Waals surface area (Å²) in [6.45, 7) is 0. The molecule has 0 aromatic carbocycles. The van der Waals surface area contributed by atoms with E-state index in [2.05, 4.69) is 15.3 Å². The molecule has 2 saturated heterocycles. The maximum atomic E-state index is 12.0. The van der Waals surface area contributed by atoms with Crippen molar-refractivity contribution in [2.75, 3.05) is 0 Å². The van der Waals surface area contributed by atoms with Gasteiger partial charge in [-0.05, 0) is 31.6 Å². The van der Waals surface area contributed by atoms with Crippen molar-refractivity contribution in [2.24, 2.45) is 5.92 Å². The molecule has 4 nitrogen and oxygen atoms in total. The van der Waals surface area contributed by atoms with Crippen LogP contribution in [0.25, 0.3) is 0 Å². The highest BCUT2D eigenvalue weighted by molar-refractivity contribution is 5.94. The van der Waals surface area contributed by atoms with Crippen LogP contribution in [0.15, 0.2) is 18.6 Å². The minimum atomic E-state index is 0.143. The number of fused-ring (bicyclic) bond motifs is 2. The smallest absolute Gasteiger partial charge is 0.183 e. The molecule has 3 rings (SSSR count). The second-order valence-electron chi connectivity index (χ2n) is 5.19. The summed E-state index contributed by atoms with van der Waals surface area (Å²) in [5.74, 6) is 0.674. The fourth-order valence-corrected chi connectivity index (χ4v) is 3.15. The maximum absolute atomic E-state index is 12.0. The first kappa shape index (κ1) is 10.8. The van der Waals surface area contributed by atoms with Crippen molar-refractivity contribution >= 4 is 5.78 Å². The molecule has 2 aliphatic heterocycles. The lowest BCUT2D eigenvalue weighted by molar-refractivity contribution is 0.0940. The number of ketones is 1. The summed E-state index contributed by atoms with van der Waals surface area (Å²) in [6.07, 6.45) is 10.2. The predicted octanol–water partition coefficient (Wildman–Crippen LogP) is 1.58. The summed E-state index contributed by atoms with van der Waals surface area (Å²) >= 11 is 0. The van der Waals surface area contributed by atoms with Gasteiger partial charge in [0.05, 0.1) is 6.20 Å². The number of nitrogens with one attached hydrogen (secondary N) is 1. The summed E-state index contributed by atoms with van der Waals surface area (Å²) in [5.41, 5.74) is 0.512. The number of Topliss-reactive ketones (excluding diaryl/α,β-unsaturated/α-hetero) is 1. The number of carbonyl (C=O) groups excluding carboxylic acids is 1. The van der Waals surface area contributed by atoms with Crippen LogP contribution in [-0.2, 0) is 0 Å². The van der Waals surface area contributed by atoms with E-state index in [1.807, 2.05) is 0 Å². The molecular formula is C13H17N3O. The van der Waals surface area contributed by atoms with Crippen molar-refractivity contribution in [1.82, 2.24) is 15.3 Å². The summed E-state index contributed by atoms with van der Waals surface area (Å²) in [7, 11) is 0. The van der Waals surface area contributed by atoms with Crippen LogP contribution in [-0.4, -0.2) is 27.8 Å². The SMILES string of the molecule is O=C(CC1CC2CCC(C1)N2)c1cnccn1. The molecule has 90 valence electrons. The molecule has 0 spiro atoms. The Kier molecular flexibility index (Phi) is 2.89. The minimum absolute atomic E-state index is 0.143. The van der Waals surface area contributed by atoms with Gasteiger partial charge in [-0.2, -0.15) is 0 Å². The van der Waals surface area contributed by atoms with Gasteiger partial charge in [-0.25, -0.2) is 4.98 Å². The molecule has 17 heavy (non-hydrogen) atoms. The maximum Gasteiger partial charge on any atom is 0.183 e. The number of rotatable bonds is 3. The Morgan fingerprint density at radius 3 is 2.71 bits per heavy atom. The third-order valence-corrected chi connectivity index (χ3v) is 3.89. The number of piperidine rings is 1. The van der Waals surface area contributed by atoms with Gasteiger partial charge >= 0.3 is 0 Å². The number of hydrogen-bond donors (Lipinski definition) is 1. The van der Waals surface area contributed by atoms with Gasteiger partial charge in [0.1, 0.15) is 5.69 Å². The summed E-state index contributed by atoms with van der Waals surface area (Å²) < 4.78 is 0. The van der Waals surface area contributed by atoms with Crippen LogP contribution in [0, 0.1) is 5.92 Å². The zero-order valence-corrected chi connectivity index (χ0v) is 9.80. The molecule has 0 amide bonds. The Hall–Kier alpha value is -1.29. The molecule has 2 fully saturated rings. The fraction of sp³-hybridized carbons (Fsp3) is 0.615. The molecule has 4 heteroatoms. The van der Waals surface area contributed by atoms with Gasteiger partial charge in [-0.1, -0.05) is 0 Å². The molecule has 2 atom stereocenters. The first-order valence-corrected chi connectivity index (χ1v) is 6.36. The lowest BCUT2D eigenvalue weighted by atomic mass is 9.88. The van der Waals surface area contributed by atoms with Crippen molar-refractivity contribution < 1.29 is 4.79 Å². The Morgan fingerprint density at radius 2 is 2.06 bits per heavy atom. The van der Waals surface area contributed by atoms with Gasteiger partial charge < -0.3 is 5.32 Å². The Morgan fingerprint density at radius 1 is 1.29 bits per heavy atom. The van der Waals surface area contributed by atoms with E-state index in [1.165, 1.54) is 12.8 Å². The van der Waals surface area contributed by atoms with Gasteiger partial charge in [0.2, 0.25) is 0 Å². The van der Waals surface area contributed by atoms with Crippen molar-refractivity contribution in [2.45, 2.75) is 44.2 Å². The molecule has 2 unspecified atom stereocenters. The lowest BCUT2D eigenvalue weighted by Gasteiger charge is -2.28. The predicted molar refractivity (Wildman–Crippen MR) is 63.6 cm³/mol. The Bertz CT molecular complexity index is 394. The molecule has 0 saturated carbocycles. The van der Waals surface area contributed by atoms with Crippen LogP contribution in [0.1, 0.15) is 42.6 Å². The summed E-state index contributed by atoms with van der Waals surface area (Å²) in [4.78, 5) is 20.0. The monoisotopic (exact) mass is 231 g/mol. The van der Waals surface area contributed by atoms with E-state index in [-0.39, 0.29) is 5.78 Å². The number of hydrogen-bond acceptors (Lipinski definition) is 4. The standard InChI is InChI=1S/C13H17N3O/c17-13(12-8-14-3-4-15-12)7-9-5-10-1-2-11(6-9)16-10/h3-4,8-11,16H,1-2,5-7H2. The molecule has 0 aliphatic carbocycles. The van der Waals surface area contributed by atoms with E-state index in [0.717, 1.165) is 12.8 Å². The zero-order valence-electron chi connectivity index (χ0n) is 9.80. The van der Waals surface area contributed by atoms with Crippen molar-refractivity contribution in [3.05, 3.63) is 24.3 Å². The highest BCUT2D eigenvalue weighted by atomic mass is 16.1. The first-order chi connectivity index (χ1) is 8.31. The molecule has 1 aromatic heterocycles. The first-order valence-electron chi connectivity index (χ1n) is 6.36. The third-order valence-electron chi connectivity index (χ3n) is 3.89. The van der Waals surface area contributed by atoms with E-state index < -0.39 is 0 Å². The van der Waals surface area contributed by atoms with Crippen molar-refractivity contribution in [3.63, 3.8) is 0 Å². The topological polar surface area (TPSA) is 54.9 Å². The highest BCUT2D eigenvalue weighted by Gasteiger charge is 2.34. The van der Waals surface area contributed by atoms with E-state index in [9.17, 15) is 4.79 Å². The normalized spacial score (nSPS) is 31.4. The molecular weight excluding hydrogens is 214 g/mol. The van der Waals surface area contributed by atoms with Crippen LogP contribution in [0.3, 0.4) is 0 Å². The summed E-state index contributed by atoms with van der Waals surface area (Å²) in [5, 5.41) is 3.59. The third kappa shape index (κ3) is 2.36. The largest absolute Gasteiger partial charge is 0.311 e. The number of carbonyl (C=O) groups is 1. The van der Waals surface area contributed by atoms with E-state index in [1.54, 1.807) is 18.6 Å². The molecule has 3 heterocycles. The van der Waals surface area contributed by atoms with E-state index >= 15 is 0 Å². The Balaban J connectivity index is 1.62. The van der Waals surface area contributed by atoms with Crippen LogP contribution in [0.5, 0.6) is 0 Å². The van der Waals surface area contributed by atoms with Crippen molar-refractivity contribution in [1.29, 1.82) is 0 Å². The van der Waals surface area contributed by atoms with Crippen molar-refractivity contribution in [3.8, 4) is 0 Å². The van der Waals surface area contributed by atoms with E-state index in [0.29, 0.717) is 30.1 Å². The zero-order chi connectivity index (χ0) is 11.7. The second kappa shape index (κ2) is 4.53. The lowest BCUT2D eigenvalue weighted by Crippen LogP contribution is -2.38. The van der Waals surface area contributed by atoms with Crippen LogP contribution in [0.4, 0.5) is 0 Å². The van der Waals surface area contributed by atoms with Crippen LogP contribution >= 0.6 is 0 Å². The molecule has 2 bridgehead atoms. The fourth-order valence-electron chi connectivity index (χ4n) is 3.15. The number of nitrogens with zero attached hydrogens (tertiary/aromatic N) is 2. The highest BCUT2D eigenvalue weighted by Crippen LogP contribution is 2.33. The average molecular weight is 231 g/mol. The average Bonchev–Trinajstić information content (AvgIpc) is 2.70. The summed E-state index contributed by atoms with van der Waals surface area (Å²) in [6, 6.07) is 1.29. The minimum Gasteiger partial charge on any atom is -0.311 e. The second-order valence-corrected chi connectivity index (χ2v) is 5.19. The van der Waals surface area contributed by atoms with Gasteiger partial charge in [0.25, 0.3) is 0 Å². The van der Waals surface area contributed by atoms with Gasteiger partial charge in [0, 0.05) is 30.9 Å². The molecule has 0 radical (unpaired) electrons. The van der Waals surface area contributed by atoms with E-state index in [4.69, 9.17) is 0 Å².